The monoisotopic (exact) mass is 341 g/mol. The van der Waals surface area contributed by atoms with Gasteiger partial charge < -0.3 is 15.5 Å². The lowest BCUT2D eigenvalue weighted by Gasteiger charge is -2.33. The third kappa shape index (κ3) is 3.43. The summed E-state index contributed by atoms with van der Waals surface area (Å²) in [5.41, 5.74) is 1.01. The summed E-state index contributed by atoms with van der Waals surface area (Å²) in [4.78, 5) is 27.1. The van der Waals surface area contributed by atoms with Crippen LogP contribution >= 0.6 is 0 Å². The van der Waals surface area contributed by atoms with Gasteiger partial charge in [-0.3, -0.25) is 9.59 Å². The van der Waals surface area contributed by atoms with E-state index < -0.39 is 0 Å². The molecule has 1 saturated carbocycles. The Morgan fingerprint density at radius 1 is 1.08 bits per heavy atom. The summed E-state index contributed by atoms with van der Waals surface area (Å²) in [6.45, 7) is 3.64. The molecular formula is C20H27N3O2. The summed E-state index contributed by atoms with van der Waals surface area (Å²) in [6, 6.07) is 9.50. The van der Waals surface area contributed by atoms with E-state index in [9.17, 15) is 9.59 Å². The van der Waals surface area contributed by atoms with Crippen molar-refractivity contribution in [3.8, 4) is 0 Å². The molecule has 2 saturated heterocycles. The minimum atomic E-state index is -0.0128. The number of carbonyl (C=O) groups excluding carboxylic acids is 2. The molecule has 4 rings (SSSR count). The van der Waals surface area contributed by atoms with Gasteiger partial charge in [-0.15, -0.1) is 0 Å². The van der Waals surface area contributed by atoms with Gasteiger partial charge in [0.25, 0.3) is 5.91 Å². The minimum absolute atomic E-state index is 0.0128. The third-order valence-electron chi connectivity index (χ3n) is 6.26. The number of rotatable bonds is 3. The summed E-state index contributed by atoms with van der Waals surface area (Å²) >= 11 is 0. The van der Waals surface area contributed by atoms with Crippen molar-refractivity contribution in [1.82, 2.24) is 15.5 Å². The number of likely N-dealkylation sites (tertiary alicyclic amines) is 1. The van der Waals surface area contributed by atoms with Crippen molar-refractivity contribution < 1.29 is 9.59 Å². The van der Waals surface area contributed by atoms with Crippen LogP contribution in [-0.2, 0) is 4.79 Å². The first-order valence-corrected chi connectivity index (χ1v) is 9.53. The van der Waals surface area contributed by atoms with Gasteiger partial charge in [0.05, 0.1) is 0 Å². The lowest BCUT2D eigenvalue weighted by molar-refractivity contribution is -0.134. The molecule has 1 spiro atoms. The number of benzene rings is 1. The van der Waals surface area contributed by atoms with Gasteiger partial charge >= 0.3 is 0 Å². The van der Waals surface area contributed by atoms with E-state index in [2.05, 4.69) is 10.6 Å². The number of carbonyl (C=O) groups is 2. The second-order valence-electron chi connectivity index (χ2n) is 7.81. The van der Waals surface area contributed by atoms with Gasteiger partial charge in [0.1, 0.15) is 0 Å². The quantitative estimate of drug-likeness (QED) is 0.881. The second kappa shape index (κ2) is 6.79. The van der Waals surface area contributed by atoms with Crippen LogP contribution in [0.4, 0.5) is 0 Å². The number of hydrogen-bond acceptors (Lipinski definition) is 3. The van der Waals surface area contributed by atoms with Crippen LogP contribution in [0, 0.1) is 11.3 Å². The maximum atomic E-state index is 12.8. The Hall–Kier alpha value is -1.88. The van der Waals surface area contributed by atoms with E-state index in [1.807, 2.05) is 35.2 Å². The van der Waals surface area contributed by atoms with Gasteiger partial charge in [0.15, 0.2) is 0 Å². The number of piperidine rings is 2. The standard InChI is InChI=1S/C20H27N3O2/c24-18(15-4-2-1-3-5-15)22-16-6-12-23(13-7-16)19(25)17-14-20(17)8-10-21-11-9-20/h1-5,16-17,21H,6-14H2,(H,22,24). The molecule has 1 aliphatic carbocycles. The lowest BCUT2D eigenvalue weighted by Crippen LogP contribution is -2.47. The van der Waals surface area contributed by atoms with Crippen LogP contribution in [0.1, 0.15) is 42.5 Å². The molecule has 1 aromatic rings. The fourth-order valence-corrected chi connectivity index (χ4v) is 4.50. The van der Waals surface area contributed by atoms with E-state index in [1.54, 1.807) is 0 Å². The fourth-order valence-electron chi connectivity index (χ4n) is 4.50. The molecule has 25 heavy (non-hydrogen) atoms. The molecule has 1 aromatic carbocycles. The molecule has 134 valence electrons. The number of nitrogens with one attached hydrogen (secondary N) is 2. The highest BCUT2D eigenvalue weighted by Gasteiger charge is 2.58. The van der Waals surface area contributed by atoms with Crippen LogP contribution in [0.5, 0.6) is 0 Å². The van der Waals surface area contributed by atoms with Crippen LogP contribution < -0.4 is 10.6 Å². The molecule has 1 atom stereocenters. The van der Waals surface area contributed by atoms with Crippen molar-refractivity contribution in [2.75, 3.05) is 26.2 Å². The van der Waals surface area contributed by atoms with Crippen LogP contribution in [-0.4, -0.2) is 48.9 Å². The predicted octanol–water partition coefficient (Wildman–Crippen LogP) is 1.80. The Balaban J connectivity index is 1.26. The zero-order chi connectivity index (χ0) is 17.3. The van der Waals surface area contributed by atoms with E-state index in [-0.39, 0.29) is 17.9 Å². The normalized spacial score (nSPS) is 25.6. The molecule has 2 amide bonds. The van der Waals surface area contributed by atoms with Gasteiger partial charge in [-0.2, -0.15) is 0 Å². The Bertz CT molecular complexity index is 632. The van der Waals surface area contributed by atoms with Crippen LogP contribution in [0.15, 0.2) is 30.3 Å². The van der Waals surface area contributed by atoms with Crippen molar-refractivity contribution in [3.63, 3.8) is 0 Å². The highest BCUT2D eigenvalue weighted by atomic mass is 16.2. The molecular weight excluding hydrogens is 314 g/mol. The second-order valence-corrected chi connectivity index (χ2v) is 7.81. The van der Waals surface area contributed by atoms with Gasteiger partial charge in [-0.1, -0.05) is 18.2 Å². The molecule has 3 aliphatic rings. The molecule has 2 heterocycles. The molecule has 0 bridgehead atoms. The highest BCUT2D eigenvalue weighted by Crippen LogP contribution is 2.59. The summed E-state index contributed by atoms with van der Waals surface area (Å²) in [5, 5.41) is 6.50. The fraction of sp³-hybridized carbons (Fsp3) is 0.600. The Kier molecular flexibility index (Phi) is 4.50. The maximum Gasteiger partial charge on any atom is 0.251 e. The first kappa shape index (κ1) is 16.6. The largest absolute Gasteiger partial charge is 0.349 e. The first-order chi connectivity index (χ1) is 12.2. The van der Waals surface area contributed by atoms with Crippen molar-refractivity contribution >= 4 is 11.8 Å². The molecule has 5 nitrogen and oxygen atoms in total. The summed E-state index contributed by atoms with van der Waals surface area (Å²) in [5.74, 6) is 0.598. The lowest BCUT2D eigenvalue weighted by atomic mass is 9.91. The average Bonchev–Trinajstić information content (AvgIpc) is 3.35. The van der Waals surface area contributed by atoms with Gasteiger partial charge in [-0.25, -0.2) is 0 Å². The number of nitrogens with zero attached hydrogens (tertiary/aromatic N) is 1. The van der Waals surface area contributed by atoms with Gasteiger partial charge in [-0.05, 0) is 62.7 Å². The van der Waals surface area contributed by atoms with Crippen LogP contribution in [0.3, 0.4) is 0 Å². The summed E-state index contributed by atoms with van der Waals surface area (Å²) < 4.78 is 0. The topological polar surface area (TPSA) is 61.4 Å². The molecule has 3 fully saturated rings. The smallest absolute Gasteiger partial charge is 0.251 e. The number of hydrogen-bond donors (Lipinski definition) is 2. The molecule has 1 unspecified atom stereocenters. The van der Waals surface area contributed by atoms with E-state index >= 15 is 0 Å². The molecule has 5 heteroatoms. The summed E-state index contributed by atoms with van der Waals surface area (Å²) in [6.07, 6.45) is 5.08. The van der Waals surface area contributed by atoms with E-state index in [0.717, 1.165) is 58.3 Å². The summed E-state index contributed by atoms with van der Waals surface area (Å²) in [7, 11) is 0. The molecule has 2 N–H and O–H groups in total. The number of amides is 2. The zero-order valence-electron chi connectivity index (χ0n) is 14.7. The Morgan fingerprint density at radius 2 is 1.76 bits per heavy atom. The van der Waals surface area contributed by atoms with E-state index in [1.165, 1.54) is 0 Å². The van der Waals surface area contributed by atoms with Crippen molar-refractivity contribution in [2.45, 2.75) is 38.1 Å². The molecule has 0 radical (unpaired) electrons. The van der Waals surface area contributed by atoms with Gasteiger partial charge in [0.2, 0.25) is 5.91 Å². The van der Waals surface area contributed by atoms with Gasteiger partial charge in [0, 0.05) is 30.6 Å². The van der Waals surface area contributed by atoms with Crippen molar-refractivity contribution in [3.05, 3.63) is 35.9 Å². The van der Waals surface area contributed by atoms with Crippen LogP contribution in [0.2, 0.25) is 0 Å². The van der Waals surface area contributed by atoms with Crippen molar-refractivity contribution in [2.24, 2.45) is 11.3 Å². The maximum absolute atomic E-state index is 12.8. The van der Waals surface area contributed by atoms with Crippen molar-refractivity contribution in [1.29, 1.82) is 0 Å². The van der Waals surface area contributed by atoms with E-state index in [0.29, 0.717) is 16.9 Å². The van der Waals surface area contributed by atoms with E-state index in [4.69, 9.17) is 0 Å². The highest BCUT2D eigenvalue weighted by molar-refractivity contribution is 5.94. The third-order valence-corrected chi connectivity index (χ3v) is 6.26. The van der Waals surface area contributed by atoms with Crippen LogP contribution in [0.25, 0.3) is 0 Å². The average molecular weight is 341 g/mol. The Labute approximate surface area is 149 Å². The first-order valence-electron chi connectivity index (χ1n) is 9.53. The molecule has 0 aromatic heterocycles. The predicted molar refractivity (Wildman–Crippen MR) is 96.2 cm³/mol. The molecule has 2 aliphatic heterocycles. The SMILES string of the molecule is O=C(NC1CCN(C(=O)C2CC23CCNCC3)CC1)c1ccccc1. The minimum Gasteiger partial charge on any atom is -0.349 e. The Morgan fingerprint density at radius 3 is 2.44 bits per heavy atom. The zero-order valence-corrected chi connectivity index (χ0v) is 14.7.